The van der Waals surface area contributed by atoms with Gasteiger partial charge in [0, 0.05) is 13.0 Å². The van der Waals surface area contributed by atoms with Crippen molar-refractivity contribution in [3.05, 3.63) is 5.01 Å². The Labute approximate surface area is 121 Å². The summed E-state index contributed by atoms with van der Waals surface area (Å²) in [6.45, 7) is 4.63. The molecule has 1 aromatic rings. The van der Waals surface area contributed by atoms with Crippen molar-refractivity contribution in [2.75, 3.05) is 11.9 Å². The minimum absolute atomic E-state index is 0.415. The van der Waals surface area contributed by atoms with Crippen LogP contribution in [0.3, 0.4) is 0 Å². The number of hydrogen-bond acceptors (Lipinski definition) is 5. The second-order valence-corrected chi connectivity index (χ2v) is 6.28. The molecule has 2 rings (SSSR count). The first-order valence-corrected chi connectivity index (χ1v) is 7.42. The second kappa shape index (κ2) is 6.17. The average molecular weight is 298 g/mol. The van der Waals surface area contributed by atoms with Crippen LogP contribution in [0, 0.1) is 5.92 Å². The Hall–Kier alpha value is -1.70. The molecule has 1 aromatic heterocycles. The SMILES string of the molecule is CC(C)Cc1nnc(NC(=O)N2CCC[C@H]2C(=O)O)s1. The van der Waals surface area contributed by atoms with Crippen molar-refractivity contribution in [3.8, 4) is 0 Å². The number of carbonyl (C=O) groups is 2. The van der Waals surface area contributed by atoms with Crippen LogP contribution in [0.1, 0.15) is 31.7 Å². The number of urea groups is 1. The van der Waals surface area contributed by atoms with Crippen LogP contribution in [0.2, 0.25) is 0 Å². The number of likely N-dealkylation sites (tertiary alicyclic amines) is 1. The Kier molecular flexibility index (Phi) is 4.53. The molecular weight excluding hydrogens is 280 g/mol. The molecule has 0 spiro atoms. The first kappa shape index (κ1) is 14.7. The maximum absolute atomic E-state index is 12.1. The highest BCUT2D eigenvalue weighted by Gasteiger charge is 2.34. The van der Waals surface area contributed by atoms with Crippen LogP contribution in [-0.2, 0) is 11.2 Å². The number of aliphatic carboxylic acids is 1. The zero-order chi connectivity index (χ0) is 14.7. The molecule has 1 saturated heterocycles. The van der Waals surface area contributed by atoms with Crippen LogP contribution in [-0.4, -0.2) is 44.8 Å². The van der Waals surface area contributed by atoms with Gasteiger partial charge in [0.15, 0.2) is 0 Å². The Balaban J connectivity index is 1.97. The van der Waals surface area contributed by atoms with Gasteiger partial charge in [-0.05, 0) is 18.8 Å². The predicted octanol–water partition coefficient (Wildman–Crippen LogP) is 1.82. The van der Waals surface area contributed by atoms with Crippen molar-refractivity contribution in [2.24, 2.45) is 5.92 Å². The molecule has 2 heterocycles. The van der Waals surface area contributed by atoms with Gasteiger partial charge in [-0.25, -0.2) is 9.59 Å². The summed E-state index contributed by atoms with van der Waals surface area (Å²) >= 11 is 1.33. The van der Waals surface area contributed by atoms with Gasteiger partial charge in [0.25, 0.3) is 0 Å². The summed E-state index contributed by atoms with van der Waals surface area (Å²) in [5.74, 6) is -0.489. The lowest BCUT2D eigenvalue weighted by atomic mass is 10.1. The highest BCUT2D eigenvalue weighted by molar-refractivity contribution is 7.15. The molecule has 0 aliphatic carbocycles. The Morgan fingerprint density at radius 1 is 1.50 bits per heavy atom. The number of nitrogens with zero attached hydrogens (tertiary/aromatic N) is 3. The number of carbonyl (C=O) groups excluding carboxylic acids is 1. The zero-order valence-corrected chi connectivity index (χ0v) is 12.3. The van der Waals surface area contributed by atoms with Crippen LogP contribution >= 0.6 is 11.3 Å². The van der Waals surface area contributed by atoms with Gasteiger partial charge < -0.3 is 10.0 Å². The summed E-state index contributed by atoms with van der Waals surface area (Å²) < 4.78 is 0. The molecule has 1 aliphatic heterocycles. The van der Waals surface area contributed by atoms with Crippen LogP contribution in [0.15, 0.2) is 0 Å². The molecule has 0 aromatic carbocycles. The molecule has 1 atom stereocenters. The first-order chi connectivity index (χ1) is 9.47. The van der Waals surface area contributed by atoms with E-state index in [9.17, 15) is 9.59 Å². The maximum atomic E-state index is 12.1. The highest BCUT2D eigenvalue weighted by Crippen LogP contribution is 2.22. The molecule has 1 fully saturated rings. The number of hydrogen-bond donors (Lipinski definition) is 2. The number of anilines is 1. The van der Waals surface area contributed by atoms with Gasteiger partial charge in [0.05, 0.1) is 0 Å². The lowest BCUT2D eigenvalue weighted by molar-refractivity contribution is -0.141. The van der Waals surface area contributed by atoms with E-state index in [1.165, 1.54) is 16.2 Å². The van der Waals surface area contributed by atoms with E-state index >= 15 is 0 Å². The summed E-state index contributed by atoms with van der Waals surface area (Å²) in [6.07, 6.45) is 2.02. The molecule has 0 unspecified atom stereocenters. The molecule has 20 heavy (non-hydrogen) atoms. The van der Waals surface area contributed by atoms with E-state index in [0.717, 1.165) is 11.4 Å². The Bertz CT molecular complexity index is 503. The molecule has 8 heteroatoms. The fourth-order valence-electron chi connectivity index (χ4n) is 2.17. The lowest BCUT2D eigenvalue weighted by Crippen LogP contribution is -2.42. The zero-order valence-electron chi connectivity index (χ0n) is 11.5. The number of carboxylic acids is 1. The number of rotatable bonds is 4. The lowest BCUT2D eigenvalue weighted by Gasteiger charge is -2.20. The fourth-order valence-corrected chi connectivity index (χ4v) is 3.11. The van der Waals surface area contributed by atoms with E-state index in [1.807, 2.05) is 0 Å². The van der Waals surface area contributed by atoms with E-state index in [0.29, 0.717) is 30.4 Å². The summed E-state index contributed by atoms with van der Waals surface area (Å²) in [4.78, 5) is 24.4. The van der Waals surface area contributed by atoms with Gasteiger partial charge in [-0.3, -0.25) is 5.32 Å². The normalized spacial score (nSPS) is 18.6. The molecule has 0 radical (unpaired) electrons. The van der Waals surface area contributed by atoms with Gasteiger partial charge in [-0.1, -0.05) is 25.2 Å². The molecule has 0 bridgehead atoms. The van der Waals surface area contributed by atoms with Gasteiger partial charge in [0.1, 0.15) is 11.0 Å². The van der Waals surface area contributed by atoms with Crippen molar-refractivity contribution >= 4 is 28.5 Å². The van der Waals surface area contributed by atoms with Gasteiger partial charge in [-0.2, -0.15) is 0 Å². The van der Waals surface area contributed by atoms with Crippen LogP contribution in [0.25, 0.3) is 0 Å². The van der Waals surface area contributed by atoms with E-state index in [-0.39, 0.29) is 0 Å². The average Bonchev–Trinajstić information content (AvgIpc) is 2.96. The van der Waals surface area contributed by atoms with Crippen molar-refractivity contribution in [3.63, 3.8) is 0 Å². The minimum Gasteiger partial charge on any atom is -0.480 e. The molecule has 1 aliphatic rings. The third-order valence-electron chi connectivity index (χ3n) is 3.06. The Morgan fingerprint density at radius 2 is 2.25 bits per heavy atom. The number of aromatic nitrogens is 2. The van der Waals surface area contributed by atoms with Gasteiger partial charge >= 0.3 is 12.0 Å². The van der Waals surface area contributed by atoms with E-state index < -0.39 is 18.0 Å². The third-order valence-corrected chi connectivity index (χ3v) is 3.92. The largest absolute Gasteiger partial charge is 0.480 e. The predicted molar refractivity (Wildman–Crippen MR) is 74.8 cm³/mol. The topological polar surface area (TPSA) is 95.4 Å². The highest BCUT2D eigenvalue weighted by atomic mass is 32.1. The summed E-state index contributed by atoms with van der Waals surface area (Å²) in [5.41, 5.74) is 0. The fraction of sp³-hybridized carbons (Fsp3) is 0.667. The van der Waals surface area contributed by atoms with Crippen molar-refractivity contribution in [2.45, 2.75) is 39.2 Å². The van der Waals surface area contributed by atoms with Crippen molar-refractivity contribution in [1.82, 2.24) is 15.1 Å². The van der Waals surface area contributed by atoms with E-state index in [2.05, 4.69) is 29.4 Å². The molecule has 2 amide bonds. The van der Waals surface area contributed by atoms with Crippen molar-refractivity contribution < 1.29 is 14.7 Å². The second-order valence-electron chi connectivity index (χ2n) is 5.22. The molecule has 110 valence electrons. The Morgan fingerprint density at radius 3 is 2.90 bits per heavy atom. The summed E-state index contributed by atoms with van der Waals surface area (Å²) in [6, 6.07) is -1.15. The van der Waals surface area contributed by atoms with Crippen molar-refractivity contribution in [1.29, 1.82) is 0 Å². The number of nitrogens with one attached hydrogen (secondary N) is 1. The number of carboxylic acid groups (broad SMARTS) is 1. The quantitative estimate of drug-likeness (QED) is 0.884. The summed E-state index contributed by atoms with van der Waals surface area (Å²) in [5, 5.41) is 20.9. The standard InChI is InChI=1S/C12H18N4O3S/c1-7(2)6-9-14-15-11(20-9)13-12(19)16-5-3-4-8(16)10(17)18/h7-8H,3-6H2,1-2H3,(H,17,18)(H,13,15,19)/t8-/m0/s1. The van der Waals surface area contributed by atoms with Gasteiger partial charge in [-0.15, -0.1) is 10.2 Å². The maximum Gasteiger partial charge on any atom is 0.326 e. The molecule has 7 nitrogen and oxygen atoms in total. The molecule has 0 saturated carbocycles. The number of amides is 2. The van der Waals surface area contributed by atoms with Crippen LogP contribution in [0.4, 0.5) is 9.93 Å². The third kappa shape index (κ3) is 3.44. The summed E-state index contributed by atoms with van der Waals surface area (Å²) in [7, 11) is 0. The van der Waals surface area contributed by atoms with Gasteiger partial charge in [0.2, 0.25) is 5.13 Å². The van der Waals surface area contributed by atoms with E-state index in [4.69, 9.17) is 5.11 Å². The molecular formula is C12H18N4O3S. The minimum atomic E-state index is -0.963. The van der Waals surface area contributed by atoms with E-state index in [1.54, 1.807) is 0 Å². The van der Waals surface area contributed by atoms with Crippen LogP contribution in [0.5, 0.6) is 0 Å². The van der Waals surface area contributed by atoms with Crippen LogP contribution < -0.4 is 5.32 Å². The smallest absolute Gasteiger partial charge is 0.326 e. The first-order valence-electron chi connectivity index (χ1n) is 6.60. The monoisotopic (exact) mass is 298 g/mol. The molecule has 2 N–H and O–H groups in total.